The van der Waals surface area contributed by atoms with Gasteiger partial charge in [-0.15, -0.1) is 0 Å². The van der Waals surface area contributed by atoms with Crippen molar-refractivity contribution in [2.45, 2.75) is 70.8 Å². The van der Waals surface area contributed by atoms with Crippen molar-refractivity contribution in [2.75, 3.05) is 23.9 Å². The van der Waals surface area contributed by atoms with E-state index >= 15 is 0 Å². The van der Waals surface area contributed by atoms with E-state index in [0.717, 1.165) is 47.1 Å². The molecular formula is C27H34N2O2S. The molecule has 0 saturated carbocycles. The summed E-state index contributed by atoms with van der Waals surface area (Å²) in [6, 6.07) is 12.2. The first-order valence-corrected chi connectivity index (χ1v) is 12.2. The Morgan fingerprint density at radius 1 is 1.00 bits per heavy atom. The molecule has 0 spiro atoms. The number of nitrogens with zero attached hydrogens (tertiary/aromatic N) is 2. The van der Waals surface area contributed by atoms with Crippen LogP contribution < -0.4 is 9.80 Å². The zero-order valence-corrected chi connectivity index (χ0v) is 21.1. The number of amides is 1. The van der Waals surface area contributed by atoms with Crippen LogP contribution in [-0.2, 0) is 22.0 Å². The number of thioether (sulfide) groups is 1. The first-order chi connectivity index (χ1) is 14.9. The van der Waals surface area contributed by atoms with Crippen molar-refractivity contribution in [3.63, 3.8) is 0 Å². The van der Waals surface area contributed by atoms with Gasteiger partial charge in [-0.05, 0) is 71.0 Å². The van der Waals surface area contributed by atoms with Gasteiger partial charge < -0.3 is 4.90 Å². The van der Waals surface area contributed by atoms with Crippen LogP contribution in [0.3, 0.4) is 0 Å². The molecule has 2 aromatic carbocycles. The fourth-order valence-corrected chi connectivity index (χ4v) is 5.85. The van der Waals surface area contributed by atoms with Gasteiger partial charge in [0.25, 0.3) is 5.24 Å². The first-order valence-electron chi connectivity index (χ1n) is 11.4. The molecule has 170 valence electrons. The molecule has 2 aromatic rings. The van der Waals surface area contributed by atoms with Gasteiger partial charge in [0.1, 0.15) is 6.04 Å². The van der Waals surface area contributed by atoms with E-state index in [-0.39, 0.29) is 21.2 Å². The standard InChI is InChI=1S/C27H34N2O2S/c1-17-13-20-21(27(4,5)12-11-26(20,2)3)16-22(17)29-23(24(30)32-25(29)31)15-18-9-8-10-19(14-18)28(6)7/h8-10,13-14,16,23H,11-12,15H2,1-7H3. The fourth-order valence-electron chi connectivity index (χ4n) is 5.03. The molecule has 1 unspecified atom stereocenters. The van der Waals surface area contributed by atoms with Crippen LogP contribution in [0, 0.1) is 6.92 Å². The predicted octanol–water partition coefficient (Wildman–Crippen LogP) is 6.22. The first kappa shape index (κ1) is 22.9. The Labute approximate surface area is 196 Å². The molecule has 0 bridgehead atoms. The summed E-state index contributed by atoms with van der Waals surface area (Å²) in [7, 11) is 4.01. The third-order valence-corrected chi connectivity index (χ3v) is 8.10. The minimum atomic E-state index is -0.485. The summed E-state index contributed by atoms with van der Waals surface area (Å²) in [6.07, 6.45) is 2.77. The van der Waals surface area contributed by atoms with Crippen LogP contribution in [0.1, 0.15) is 62.8 Å². The van der Waals surface area contributed by atoms with Crippen molar-refractivity contribution in [1.29, 1.82) is 0 Å². The van der Waals surface area contributed by atoms with Crippen molar-refractivity contribution < 1.29 is 9.59 Å². The molecule has 4 nitrogen and oxygen atoms in total. The quantitative estimate of drug-likeness (QED) is 0.554. The normalized spacial score (nSPS) is 21.6. The SMILES string of the molecule is Cc1cc2c(cc1N1C(=O)SC(=O)C1Cc1cccc(N(C)C)c1)C(C)(C)CCC2(C)C. The maximum Gasteiger partial charge on any atom is 0.294 e. The molecule has 1 amide bonds. The van der Waals surface area contributed by atoms with E-state index < -0.39 is 6.04 Å². The Hall–Kier alpha value is -2.27. The van der Waals surface area contributed by atoms with Gasteiger partial charge in [0, 0.05) is 43.7 Å². The number of rotatable bonds is 4. The summed E-state index contributed by atoms with van der Waals surface area (Å²) >= 11 is 0.845. The highest BCUT2D eigenvalue weighted by Gasteiger charge is 2.43. The van der Waals surface area contributed by atoms with Crippen molar-refractivity contribution in [2.24, 2.45) is 0 Å². The van der Waals surface area contributed by atoms with Crippen molar-refractivity contribution in [1.82, 2.24) is 0 Å². The second-order valence-electron chi connectivity index (χ2n) is 10.8. The molecule has 1 aliphatic heterocycles. The van der Waals surface area contributed by atoms with E-state index in [1.54, 1.807) is 4.90 Å². The molecule has 1 atom stereocenters. The molecule has 0 N–H and O–H groups in total. The fraction of sp³-hybridized carbons (Fsp3) is 0.481. The second kappa shape index (κ2) is 7.95. The van der Waals surface area contributed by atoms with Gasteiger partial charge >= 0.3 is 0 Å². The highest BCUT2D eigenvalue weighted by Crippen LogP contribution is 2.48. The molecule has 5 heteroatoms. The Morgan fingerprint density at radius 2 is 1.62 bits per heavy atom. The number of carbonyl (C=O) groups excluding carboxylic acids is 2. The van der Waals surface area contributed by atoms with E-state index in [1.165, 1.54) is 11.1 Å². The smallest absolute Gasteiger partial charge is 0.294 e. The van der Waals surface area contributed by atoms with Crippen LogP contribution in [0.4, 0.5) is 16.2 Å². The van der Waals surface area contributed by atoms with Crippen molar-refractivity contribution >= 4 is 33.5 Å². The van der Waals surface area contributed by atoms with Gasteiger partial charge in [-0.1, -0.05) is 45.9 Å². The van der Waals surface area contributed by atoms with Gasteiger partial charge in [-0.3, -0.25) is 14.5 Å². The van der Waals surface area contributed by atoms with Crippen LogP contribution in [0.15, 0.2) is 36.4 Å². The number of hydrogen-bond donors (Lipinski definition) is 0. The molecule has 32 heavy (non-hydrogen) atoms. The minimum Gasteiger partial charge on any atom is -0.378 e. The van der Waals surface area contributed by atoms with Gasteiger partial charge in [-0.2, -0.15) is 0 Å². The Bertz CT molecular complexity index is 1090. The zero-order valence-electron chi connectivity index (χ0n) is 20.3. The summed E-state index contributed by atoms with van der Waals surface area (Å²) in [5, 5.41) is -0.235. The third-order valence-electron chi connectivity index (χ3n) is 7.25. The highest BCUT2D eigenvalue weighted by atomic mass is 32.2. The maximum atomic E-state index is 13.0. The van der Waals surface area contributed by atoms with Crippen LogP contribution in [0.2, 0.25) is 0 Å². The number of hydrogen-bond acceptors (Lipinski definition) is 4. The molecule has 1 heterocycles. The number of carbonyl (C=O) groups is 2. The number of anilines is 2. The van der Waals surface area contributed by atoms with Crippen molar-refractivity contribution in [3.05, 3.63) is 58.7 Å². The zero-order chi connectivity index (χ0) is 23.4. The van der Waals surface area contributed by atoms with E-state index in [0.29, 0.717) is 6.42 Å². The van der Waals surface area contributed by atoms with Crippen LogP contribution in [0.25, 0.3) is 0 Å². The van der Waals surface area contributed by atoms with E-state index in [1.807, 2.05) is 26.2 Å². The Kier molecular flexibility index (Phi) is 5.69. The van der Waals surface area contributed by atoms with E-state index in [9.17, 15) is 9.59 Å². The molecular weight excluding hydrogens is 416 g/mol. The minimum absolute atomic E-state index is 0.0444. The molecule has 2 aliphatic rings. The number of aryl methyl sites for hydroxylation is 1. The molecule has 1 fully saturated rings. The van der Waals surface area contributed by atoms with Gasteiger partial charge in [0.15, 0.2) is 0 Å². The molecule has 1 aliphatic carbocycles. The summed E-state index contributed by atoms with van der Waals surface area (Å²) in [5.74, 6) is 0. The summed E-state index contributed by atoms with van der Waals surface area (Å²) < 4.78 is 0. The molecule has 4 rings (SSSR count). The summed E-state index contributed by atoms with van der Waals surface area (Å²) in [5.41, 5.74) is 6.93. The molecule has 1 saturated heterocycles. The average Bonchev–Trinajstić information content (AvgIpc) is 2.98. The van der Waals surface area contributed by atoms with E-state index in [4.69, 9.17) is 0 Å². The maximum absolute atomic E-state index is 13.0. The van der Waals surface area contributed by atoms with Gasteiger partial charge in [0.2, 0.25) is 5.12 Å². The Morgan fingerprint density at radius 3 is 2.25 bits per heavy atom. The van der Waals surface area contributed by atoms with Crippen LogP contribution in [0.5, 0.6) is 0 Å². The lowest BCUT2D eigenvalue weighted by atomic mass is 9.63. The summed E-state index contributed by atoms with van der Waals surface area (Å²) in [4.78, 5) is 29.7. The lowest BCUT2D eigenvalue weighted by molar-refractivity contribution is -0.111. The monoisotopic (exact) mass is 450 g/mol. The average molecular weight is 451 g/mol. The molecule has 0 aromatic heterocycles. The van der Waals surface area contributed by atoms with Gasteiger partial charge in [0.05, 0.1) is 0 Å². The highest BCUT2D eigenvalue weighted by molar-refractivity contribution is 8.27. The topological polar surface area (TPSA) is 40.6 Å². The number of fused-ring (bicyclic) bond motifs is 1. The lowest BCUT2D eigenvalue weighted by Crippen LogP contribution is -2.39. The Balaban J connectivity index is 1.77. The van der Waals surface area contributed by atoms with Crippen molar-refractivity contribution in [3.8, 4) is 0 Å². The number of benzene rings is 2. The molecule has 0 radical (unpaired) electrons. The predicted molar refractivity (Wildman–Crippen MR) is 135 cm³/mol. The van der Waals surface area contributed by atoms with E-state index in [2.05, 4.69) is 63.8 Å². The van der Waals surface area contributed by atoms with Crippen LogP contribution >= 0.6 is 11.8 Å². The third kappa shape index (κ3) is 3.96. The van der Waals surface area contributed by atoms with Gasteiger partial charge in [-0.25, -0.2) is 0 Å². The largest absolute Gasteiger partial charge is 0.378 e. The summed E-state index contributed by atoms with van der Waals surface area (Å²) in [6.45, 7) is 11.3. The lowest BCUT2D eigenvalue weighted by Gasteiger charge is -2.43. The van der Waals surface area contributed by atoms with Crippen LogP contribution in [-0.4, -0.2) is 30.5 Å². The second-order valence-corrected chi connectivity index (χ2v) is 11.7.